The van der Waals surface area contributed by atoms with Crippen LogP contribution in [0.4, 0.5) is 0 Å². The molecular formula is C15H32N2O. The van der Waals surface area contributed by atoms with Crippen molar-refractivity contribution in [1.29, 1.82) is 0 Å². The van der Waals surface area contributed by atoms with Crippen molar-refractivity contribution < 1.29 is 4.74 Å². The molecule has 0 aromatic rings. The van der Waals surface area contributed by atoms with Crippen molar-refractivity contribution in [3.63, 3.8) is 0 Å². The lowest BCUT2D eigenvalue weighted by molar-refractivity contribution is -0.0430. The zero-order valence-corrected chi connectivity index (χ0v) is 13.0. The molecule has 1 saturated heterocycles. The minimum absolute atomic E-state index is 0.239. The Morgan fingerprint density at radius 1 is 1.44 bits per heavy atom. The molecule has 0 bridgehead atoms. The van der Waals surface area contributed by atoms with E-state index in [4.69, 9.17) is 4.74 Å². The summed E-state index contributed by atoms with van der Waals surface area (Å²) in [6.07, 6.45) is 5.22. The lowest BCUT2D eigenvalue weighted by Crippen LogP contribution is -2.60. The van der Waals surface area contributed by atoms with Crippen LogP contribution in [-0.4, -0.2) is 49.3 Å². The number of hydrogen-bond acceptors (Lipinski definition) is 3. The molecule has 1 N–H and O–H groups in total. The molecule has 0 saturated carbocycles. The first-order valence-electron chi connectivity index (χ1n) is 7.62. The fraction of sp³-hybridized carbons (Fsp3) is 1.00. The van der Waals surface area contributed by atoms with Crippen LogP contribution in [0.2, 0.25) is 0 Å². The predicted octanol–water partition coefficient (Wildman–Crippen LogP) is 2.65. The maximum atomic E-state index is 5.95. The Balaban J connectivity index is 2.62. The molecule has 3 unspecified atom stereocenters. The van der Waals surface area contributed by atoms with Gasteiger partial charge in [0.1, 0.15) is 0 Å². The number of piperidine rings is 1. The fourth-order valence-corrected chi connectivity index (χ4v) is 2.94. The molecule has 3 heteroatoms. The molecule has 3 atom stereocenters. The largest absolute Gasteiger partial charge is 0.377 e. The third-order valence-electron chi connectivity index (χ3n) is 4.74. The Morgan fingerprint density at radius 3 is 2.72 bits per heavy atom. The Kier molecular flexibility index (Phi) is 6.61. The number of likely N-dealkylation sites (tertiary alicyclic amines) is 1. The highest BCUT2D eigenvalue weighted by molar-refractivity contribution is 4.95. The third-order valence-corrected chi connectivity index (χ3v) is 4.74. The summed E-state index contributed by atoms with van der Waals surface area (Å²) < 4.78 is 5.95. The lowest BCUT2D eigenvalue weighted by Gasteiger charge is -2.48. The van der Waals surface area contributed by atoms with E-state index in [-0.39, 0.29) is 5.54 Å². The second kappa shape index (κ2) is 7.46. The number of nitrogens with zero attached hydrogens (tertiary/aromatic N) is 1. The minimum atomic E-state index is 0.239. The molecule has 1 aliphatic rings. The fourth-order valence-electron chi connectivity index (χ4n) is 2.94. The van der Waals surface area contributed by atoms with E-state index in [1.165, 1.54) is 25.8 Å². The highest BCUT2D eigenvalue weighted by atomic mass is 16.5. The average molecular weight is 256 g/mol. The highest BCUT2D eigenvalue weighted by Gasteiger charge is 2.37. The maximum absolute atomic E-state index is 5.95. The molecule has 1 heterocycles. The standard InChI is InChI=1S/C15H32N2O/c1-6-11-18-14-9-8-10-17(12-14)15(4,7-2)13(3)16-5/h13-14,16H,6-12H2,1-5H3. The van der Waals surface area contributed by atoms with Crippen LogP contribution < -0.4 is 5.32 Å². The smallest absolute Gasteiger partial charge is 0.0702 e. The van der Waals surface area contributed by atoms with Crippen LogP contribution in [-0.2, 0) is 4.74 Å². The first-order chi connectivity index (χ1) is 8.58. The summed E-state index contributed by atoms with van der Waals surface area (Å²) in [4.78, 5) is 2.64. The summed E-state index contributed by atoms with van der Waals surface area (Å²) in [7, 11) is 2.06. The molecular weight excluding hydrogens is 224 g/mol. The zero-order chi connectivity index (χ0) is 13.6. The van der Waals surface area contributed by atoms with E-state index in [0.717, 1.165) is 19.6 Å². The molecule has 1 fully saturated rings. The van der Waals surface area contributed by atoms with Crippen LogP contribution in [0.5, 0.6) is 0 Å². The van der Waals surface area contributed by atoms with Gasteiger partial charge in [0.25, 0.3) is 0 Å². The lowest BCUT2D eigenvalue weighted by atomic mass is 9.86. The van der Waals surface area contributed by atoms with Crippen molar-refractivity contribution in [2.45, 2.75) is 71.1 Å². The van der Waals surface area contributed by atoms with E-state index in [2.05, 4.69) is 45.0 Å². The van der Waals surface area contributed by atoms with Gasteiger partial charge in [-0.3, -0.25) is 4.90 Å². The summed E-state index contributed by atoms with van der Waals surface area (Å²) in [5, 5.41) is 3.43. The van der Waals surface area contributed by atoms with Gasteiger partial charge in [0, 0.05) is 24.7 Å². The van der Waals surface area contributed by atoms with E-state index in [1.807, 2.05) is 0 Å². The van der Waals surface area contributed by atoms with Gasteiger partial charge in [-0.1, -0.05) is 13.8 Å². The van der Waals surface area contributed by atoms with Gasteiger partial charge >= 0.3 is 0 Å². The van der Waals surface area contributed by atoms with Crippen molar-refractivity contribution in [3.05, 3.63) is 0 Å². The topological polar surface area (TPSA) is 24.5 Å². The van der Waals surface area contributed by atoms with Gasteiger partial charge in [-0.2, -0.15) is 0 Å². The minimum Gasteiger partial charge on any atom is -0.377 e. The number of hydrogen-bond donors (Lipinski definition) is 1. The van der Waals surface area contributed by atoms with E-state index in [0.29, 0.717) is 12.1 Å². The Hall–Kier alpha value is -0.120. The zero-order valence-electron chi connectivity index (χ0n) is 13.0. The summed E-state index contributed by atoms with van der Waals surface area (Å²) in [5.74, 6) is 0. The molecule has 0 aliphatic carbocycles. The molecule has 18 heavy (non-hydrogen) atoms. The molecule has 1 rings (SSSR count). The van der Waals surface area contributed by atoms with Crippen molar-refractivity contribution in [2.75, 3.05) is 26.7 Å². The normalized spacial score (nSPS) is 26.8. The maximum Gasteiger partial charge on any atom is 0.0702 e. The second-order valence-electron chi connectivity index (χ2n) is 5.80. The summed E-state index contributed by atoms with van der Waals surface area (Å²) >= 11 is 0. The highest BCUT2D eigenvalue weighted by Crippen LogP contribution is 2.28. The number of likely N-dealkylation sites (N-methyl/N-ethyl adjacent to an activating group) is 1. The molecule has 0 aromatic carbocycles. The van der Waals surface area contributed by atoms with Gasteiger partial charge in [0.15, 0.2) is 0 Å². The Bertz CT molecular complexity index is 235. The van der Waals surface area contributed by atoms with Gasteiger partial charge in [0.2, 0.25) is 0 Å². The van der Waals surface area contributed by atoms with Crippen LogP contribution in [0.15, 0.2) is 0 Å². The molecule has 0 amide bonds. The predicted molar refractivity (Wildman–Crippen MR) is 78.1 cm³/mol. The molecule has 0 radical (unpaired) electrons. The van der Waals surface area contributed by atoms with Gasteiger partial charge in [-0.15, -0.1) is 0 Å². The Labute approximate surface area is 113 Å². The summed E-state index contributed by atoms with van der Waals surface area (Å²) in [5.41, 5.74) is 0.239. The van der Waals surface area contributed by atoms with Crippen molar-refractivity contribution in [3.8, 4) is 0 Å². The van der Waals surface area contributed by atoms with Crippen molar-refractivity contribution >= 4 is 0 Å². The Morgan fingerprint density at radius 2 is 2.17 bits per heavy atom. The van der Waals surface area contributed by atoms with Crippen LogP contribution in [0.3, 0.4) is 0 Å². The van der Waals surface area contributed by atoms with Crippen LogP contribution in [0.1, 0.15) is 53.4 Å². The SMILES string of the molecule is CCCOC1CCCN(C(C)(CC)C(C)NC)C1. The third kappa shape index (κ3) is 3.69. The van der Waals surface area contributed by atoms with Gasteiger partial charge in [0.05, 0.1) is 6.10 Å². The average Bonchev–Trinajstić information content (AvgIpc) is 2.43. The second-order valence-corrected chi connectivity index (χ2v) is 5.80. The van der Waals surface area contributed by atoms with Gasteiger partial charge in [-0.05, 0) is 53.1 Å². The van der Waals surface area contributed by atoms with E-state index in [1.54, 1.807) is 0 Å². The van der Waals surface area contributed by atoms with E-state index >= 15 is 0 Å². The first kappa shape index (κ1) is 15.9. The van der Waals surface area contributed by atoms with Crippen LogP contribution >= 0.6 is 0 Å². The molecule has 0 spiro atoms. The number of rotatable bonds is 7. The van der Waals surface area contributed by atoms with Gasteiger partial charge < -0.3 is 10.1 Å². The number of ether oxygens (including phenoxy) is 1. The van der Waals surface area contributed by atoms with Crippen LogP contribution in [0.25, 0.3) is 0 Å². The van der Waals surface area contributed by atoms with Crippen molar-refractivity contribution in [1.82, 2.24) is 10.2 Å². The monoisotopic (exact) mass is 256 g/mol. The van der Waals surface area contributed by atoms with E-state index in [9.17, 15) is 0 Å². The first-order valence-corrected chi connectivity index (χ1v) is 7.62. The molecule has 108 valence electrons. The number of nitrogens with one attached hydrogen (secondary N) is 1. The quantitative estimate of drug-likeness (QED) is 0.758. The summed E-state index contributed by atoms with van der Waals surface area (Å²) in [6, 6.07) is 0.507. The molecule has 1 aliphatic heterocycles. The molecule has 0 aromatic heterocycles. The van der Waals surface area contributed by atoms with Gasteiger partial charge in [-0.25, -0.2) is 0 Å². The van der Waals surface area contributed by atoms with Crippen LogP contribution in [0, 0.1) is 0 Å². The van der Waals surface area contributed by atoms with Crippen molar-refractivity contribution in [2.24, 2.45) is 0 Å². The van der Waals surface area contributed by atoms with E-state index < -0.39 is 0 Å². The summed E-state index contributed by atoms with van der Waals surface area (Å²) in [6.45, 7) is 12.4. The molecule has 3 nitrogen and oxygen atoms in total.